The molecule has 0 bridgehead atoms. The fourth-order valence-corrected chi connectivity index (χ4v) is 3.08. The van der Waals surface area contributed by atoms with E-state index in [1.807, 2.05) is 0 Å². The van der Waals surface area contributed by atoms with Crippen LogP contribution in [0.1, 0.15) is 11.7 Å². The zero-order chi connectivity index (χ0) is 22.0. The van der Waals surface area contributed by atoms with Gasteiger partial charge in [0.2, 0.25) is 11.7 Å². The zero-order valence-corrected chi connectivity index (χ0v) is 16.7. The minimum atomic E-state index is -0.606. The van der Waals surface area contributed by atoms with Crippen molar-refractivity contribution in [2.45, 2.75) is 6.92 Å². The third-order valence-electron chi connectivity index (χ3n) is 4.51. The molecule has 0 spiro atoms. The van der Waals surface area contributed by atoms with Gasteiger partial charge in [-0.3, -0.25) is 19.5 Å². The Labute approximate surface area is 171 Å². The number of methoxy groups -OCH3 is 3. The van der Waals surface area contributed by atoms with Crippen molar-refractivity contribution >= 4 is 11.6 Å². The molecular weight excluding hydrogens is 394 g/mol. The third kappa shape index (κ3) is 3.50. The number of ether oxygens (including phenoxy) is 3. The average Bonchev–Trinajstić information content (AvgIpc) is 3.09. The summed E-state index contributed by atoms with van der Waals surface area (Å²) < 4.78 is 18.3. The van der Waals surface area contributed by atoms with Crippen LogP contribution >= 0.6 is 0 Å². The Morgan fingerprint density at radius 1 is 1.00 bits per heavy atom. The van der Waals surface area contributed by atoms with Crippen LogP contribution in [0.3, 0.4) is 0 Å². The van der Waals surface area contributed by atoms with Crippen LogP contribution < -0.4 is 19.9 Å². The molecule has 3 rings (SSSR count). The Morgan fingerprint density at radius 3 is 2.00 bits per heavy atom. The first-order chi connectivity index (χ1) is 14.3. The fraction of sp³-hybridized carbons (Fsp3) is 0.200. The smallest absolute Gasteiger partial charge is 0.340 e. The Balaban J connectivity index is 2.31. The van der Waals surface area contributed by atoms with Crippen molar-refractivity contribution < 1.29 is 23.9 Å². The van der Waals surface area contributed by atoms with E-state index in [9.17, 15) is 19.7 Å². The molecule has 10 nitrogen and oxygen atoms in total. The van der Waals surface area contributed by atoms with Crippen molar-refractivity contribution in [1.29, 1.82) is 0 Å². The van der Waals surface area contributed by atoms with Crippen LogP contribution in [0, 0.1) is 10.1 Å². The highest BCUT2D eigenvalue weighted by atomic mass is 16.6. The lowest BCUT2D eigenvalue weighted by Gasteiger charge is -2.15. The number of hydrogen-bond acceptors (Lipinski definition) is 7. The second kappa shape index (κ2) is 8.11. The molecule has 0 aliphatic carbocycles. The number of nitro benzene ring substituents is 1. The van der Waals surface area contributed by atoms with Gasteiger partial charge >= 0.3 is 5.69 Å². The van der Waals surface area contributed by atoms with Crippen LogP contribution in [0.2, 0.25) is 0 Å². The van der Waals surface area contributed by atoms with Crippen molar-refractivity contribution in [2.75, 3.05) is 21.3 Å². The zero-order valence-electron chi connectivity index (χ0n) is 16.7. The van der Waals surface area contributed by atoms with Crippen LogP contribution in [0.25, 0.3) is 16.9 Å². The first-order valence-electron chi connectivity index (χ1n) is 8.73. The van der Waals surface area contributed by atoms with Gasteiger partial charge in [0, 0.05) is 42.9 Å². The fourth-order valence-electron chi connectivity index (χ4n) is 3.08. The summed E-state index contributed by atoms with van der Waals surface area (Å²) in [4.78, 5) is 35.4. The monoisotopic (exact) mass is 413 g/mol. The molecule has 0 unspecified atom stereocenters. The van der Waals surface area contributed by atoms with Gasteiger partial charge in [0.05, 0.1) is 37.6 Å². The number of nitro groups is 1. The number of rotatable bonds is 6. The molecule has 0 saturated carbocycles. The highest BCUT2D eigenvalue weighted by Crippen LogP contribution is 2.40. The average molecular weight is 413 g/mol. The topological polar surface area (TPSA) is 115 Å². The largest absolute Gasteiger partial charge is 0.493 e. The van der Waals surface area contributed by atoms with E-state index in [0.29, 0.717) is 34.2 Å². The van der Waals surface area contributed by atoms with Crippen LogP contribution in [0.15, 0.2) is 47.4 Å². The quantitative estimate of drug-likeness (QED) is 0.451. The van der Waals surface area contributed by atoms with E-state index in [4.69, 9.17) is 14.2 Å². The maximum Gasteiger partial charge on any atom is 0.340 e. The maximum atomic E-state index is 13.0. The molecule has 30 heavy (non-hydrogen) atoms. The number of non-ortho nitro benzene ring substituents is 1. The Morgan fingerprint density at radius 2 is 1.57 bits per heavy atom. The minimum Gasteiger partial charge on any atom is -0.493 e. The second-order valence-corrected chi connectivity index (χ2v) is 6.21. The van der Waals surface area contributed by atoms with Crippen LogP contribution in [-0.4, -0.2) is 41.3 Å². The number of carbonyl (C=O) groups is 1. The van der Waals surface area contributed by atoms with Gasteiger partial charge in [-0.1, -0.05) is 0 Å². The Kier molecular flexibility index (Phi) is 5.58. The molecule has 0 fully saturated rings. The van der Waals surface area contributed by atoms with E-state index in [2.05, 4.69) is 0 Å². The van der Waals surface area contributed by atoms with Gasteiger partial charge in [-0.15, -0.1) is 0 Å². The molecule has 1 heterocycles. The molecule has 0 atom stereocenters. The van der Waals surface area contributed by atoms with E-state index in [1.165, 1.54) is 63.3 Å². The molecule has 0 saturated heterocycles. The van der Waals surface area contributed by atoms with Gasteiger partial charge in [-0.25, -0.2) is 9.36 Å². The number of carbonyl (C=O) groups excluding carboxylic acids is 1. The number of nitrogens with zero attached hydrogens (tertiary/aromatic N) is 3. The van der Waals surface area contributed by atoms with Gasteiger partial charge in [-0.05, 0) is 12.1 Å². The molecule has 0 aliphatic rings. The summed E-state index contributed by atoms with van der Waals surface area (Å²) in [5, 5.41) is 10.9. The predicted octanol–water partition coefficient (Wildman–Crippen LogP) is 2.90. The molecular formula is C20H19N3O7. The number of benzene rings is 2. The molecule has 2 aromatic carbocycles. The van der Waals surface area contributed by atoms with Crippen molar-refractivity contribution in [3.63, 3.8) is 0 Å². The Bertz CT molecular complexity index is 1150. The maximum absolute atomic E-state index is 13.0. The van der Waals surface area contributed by atoms with E-state index < -0.39 is 16.5 Å². The van der Waals surface area contributed by atoms with Gasteiger partial charge in [0.25, 0.3) is 5.69 Å². The van der Waals surface area contributed by atoms with Crippen LogP contribution in [0.4, 0.5) is 5.69 Å². The van der Waals surface area contributed by atoms with E-state index in [-0.39, 0.29) is 5.69 Å². The van der Waals surface area contributed by atoms with Crippen LogP contribution in [0.5, 0.6) is 17.2 Å². The van der Waals surface area contributed by atoms with Crippen molar-refractivity contribution in [3.8, 4) is 34.2 Å². The van der Waals surface area contributed by atoms with Crippen LogP contribution in [-0.2, 0) is 0 Å². The molecule has 0 aliphatic heterocycles. The van der Waals surface area contributed by atoms with E-state index >= 15 is 0 Å². The lowest BCUT2D eigenvalue weighted by Crippen LogP contribution is -2.26. The van der Waals surface area contributed by atoms with E-state index in [1.54, 1.807) is 12.1 Å². The molecule has 0 N–H and O–H groups in total. The first-order valence-corrected chi connectivity index (χ1v) is 8.73. The van der Waals surface area contributed by atoms with E-state index in [0.717, 1.165) is 4.57 Å². The molecule has 0 amide bonds. The van der Waals surface area contributed by atoms with Crippen molar-refractivity contribution in [3.05, 3.63) is 63.2 Å². The highest BCUT2D eigenvalue weighted by Gasteiger charge is 2.21. The molecule has 0 radical (unpaired) electrons. The van der Waals surface area contributed by atoms with Crippen molar-refractivity contribution in [1.82, 2.24) is 9.13 Å². The summed E-state index contributed by atoms with van der Waals surface area (Å²) in [6, 6.07) is 8.80. The predicted molar refractivity (Wildman–Crippen MR) is 108 cm³/mol. The molecule has 1 aromatic heterocycles. The second-order valence-electron chi connectivity index (χ2n) is 6.21. The molecule has 10 heteroatoms. The summed E-state index contributed by atoms with van der Waals surface area (Å²) in [6.45, 7) is 1.26. The van der Waals surface area contributed by atoms with Gasteiger partial charge in [0.1, 0.15) is 0 Å². The first kappa shape index (κ1) is 20.6. The highest BCUT2D eigenvalue weighted by molar-refractivity contribution is 5.78. The van der Waals surface area contributed by atoms with Gasteiger partial charge < -0.3 is 14.2 Å². The van der Waals surface area contributed by atoms with Gasteiger partial charge in [-0.2, -0.15) is 0 Å². The molecule has 3 aromatic rings. The summed E-state index contributed by atoms with van der Waals surface area (Å²) in [5.41, 5.74) is 0.533. The Hall–Kier alpha value is -4.08. The summed E-state index contributed by atoms with van der Waals surface area (Å²) in [7, 11) is 4.35. The minimum absolute atomic E-state index is 0.0913. The molecule has 156 valence electrons. The summed E-state index contributed by atoms with van der Waals surface area (Å²) in [6.07, 6.45) is 1.38. The van der Waals surface area contributed by atoms with Crippen molar-refractivity contribution in [2.24, 2.45) is 0 Å². The summed E-state index contributed by atoms with van der Waals surface area (Å²) >= 11 is 0. The third-order valence-corrected chi connectivity index (χ3v) is 4.51. The SMILES string of the molecule is COc1cc(-n2c(-c3ccc([N+](=O)[O-])cc3)cn(C(C)=O)c2=O)cc(OC)c1OC. The number of hydrogen-bond donors (Lipinski definition) is 0. The normalized spacial score (nSPS) is 10.5. The number of imidazole rings is 1. The lowest BCUT2D eigenvalue weighted by atomic mass is 10.1. The van der Waals surface area contributed by atoms with Gasteiger partial charge in [0.15, 0.2) is 11.5 Å². The lowest BCUT2D eigenvalue weighted by molar-refractivity contribution is -0.384. The number of aromatic nitrogens is 2. The standard InChI is InChI=1S/C20H19N3O7/c1-12(24)21-11-16(13-5-7-14(8-6-13)23(26)27)22(20(21)25)15-9-17(28-2)19(30-4)18(10-15)29-3/h5-11H,1-4H3. The summed E-state index contributed by atoms with van der Waals surface area (Å²) in [5.74, 6) is 0.516.